The van der Waals surface area contributed by atoms with E-state index in [-0.39, 0.29) is 23.1 Å². The van der Waals surface area contributed by atoms with Crippen molar-refractivity contribution in [1.29, 1.82) is 0 Å². The number of anilines is 1. The van der Waals surface area contributed by atoms with Crippen LogP contribution in [0.5, 0.6) is 0 Å². The van der Waals surface area contributed by atoms with Crippen LogP contribution in [-0.4, -0.2) is 41.4 Å². The van der Waals surface area contributed by atoms with E-state index < -0.39 is 0 Å². The van der Waals surface area contributed by atoms with Crippen molar-refractivity contribution in [2.24, 2.45) is 11.1 Å². The Bertz CT molecular complexity index is 995. The molecule has 2 aliphatic heterocycles. The normalized spacial score (nSPS) is 23.7. The topological polar surface area (TPSA) is 73.4 Å². The van der Waals surface area contributed by atoms with Gasteiger partial charge >= 0.3 is 0 Å². The lowest BCUT2D eigenvalue weighted by Gasteiger charge is -2.42. The third-order valence-electron chi connectivity index (χ3n) is 6.77. The lowest BCUT2D eigenvalue weighted by atomic mass is 9.73. The summed E-state index contributed by atoms with van der Waals surface area (Å²) in [6, 6.07) is 5.77. The number of halogens is 1. The van der Waals surface area contributed by atoms with Gasteiger partial charge in [-0.1, -0.05) is 23.7 Å². The van der Waals surface area contributed by atoms with Gasteiger partial charge < -0.3 is 15.4 Å². The molecule has 29 heavy (non-hydrogen) atoms. The van der Waals surface area contributed by atoms with Crippen LogP contribution in [0.15, 0.2) is 23.0 Å². The number of nitrogens with two attached hydrogens (primary N) is 1. The summed E-state index contributed by atoms with van der Waals surface area (Å²) < 4.78 is 7.43. The molecule has 1 aromatic heterocycles. The molecule has 2 atom stereocenters. The van der Waals surface area contributed by atoms with Crippen LogP contribution in [0.1, 0.15) is 36.7 Å². The molecule has 0 saturated carbocycles. The third kappa shape index (κ3) is 3.27. The first-order valence-corrected chi connectivity index (χ1v) is 10.6. The zero-order chi connectivity index (χ0) is 20.9. The van der Waals surface area contributed by atoms with E-state index >= 15 is 0 Å². The number of ether oxygens (including phenoxy) is 1. The number of hydrogen-bond acceptors (Lipinski definition) is 5. The number of rotatable bonds is 2. The number of aryl methyl sites for hydroxylation is 2. The second kappa shape index (κ2) is 7.42. The van der Waals surface area contributed by atoms with Crippen LogP contribution in [0, 0.1) is 26.2 Å². The second-order valence-corrected chi connectivity index (χ2v) is 8.93. The first kappa shape index (κ1) is 20.4. The molecule has 2 fully saturated rings. The summed E-state index contributed by atoms with van der Waals surface area (Å²) in [6.07, 6.45) is 2.00. The molecule has 2 aromatic rings. The van der Waals surface area contributed by atoms with E-state index in [9.17, 15) is 4.79 Å². The Morgan fingerprint density at radius 1 is 1.24 bits per heavy atom. The van der Waals surface area contributed by atoms with Crippen molar-refractivity contribution in [3.05, 3.63) is 50.5 Å². The molecule has 1 aromatic carbocycles. The van der Waals surface area contributed by atoms with Crippen LogP contribution >= 0.6 is 11.6 Å². The van der Waals surface area contributed by atoms with E-state index in [4.69, 9.17) is 27.1 Å². The van der Waals surface area contributed by atoms with Crippen molar-refractivity contribution in [2.45, 2.75) is 52.7 Å². The minimum atomic E-state index is -0.0742. The molecule has 0 radical (unpaired) electrons. The van der Waals surface area contributed by atoms with Gasteiger partial charge in [0, 0.05) is 24.5 Å². The molecule has 0 amide bonds. The van der Waals surface area contributed by atoms with E-state index in [0.29, 0.717) is 22.1 Å². The second-order valence-electron chi connectivity index (χ2n) is 8.55. The summed E-state index contributed by atoms with van der Waals surface area (Å²) in [5.74, 6) is 1.40. The number of nitrogens with zero attached hydrogens (tertiary/aromatic N) is 3. The SMILES string of the molecule is Cc1cccc(-n2c(C)nc(N3CCC4(CC3)CO[C@H](C)[C@H]4N)c(C)c2=O)c1Cl. The number of benzene rings is 1. The van der Waals surface area contributed by atoms with Crippen LogP contribution in [0.4, 0.5) is 5.82 Å². The maximum Gasteiger partial charge on any atom is 0.263 e. The van der Waals surface area contributed by atoms with Gasteiger partial charge in [0.1, 0.15) is 11.6 Å². The van der Waals surface area contributed by atoms with Gasteiger partial charge in [0.15, 0.2) is 0 Å². The highest BCUT2D eigenvalue weighted by molar-refractivity contribution is 6.33. The molecule has 4 rings (SSSR count). The Hall–Kier alpha value is -1.89. The molecule has 1 spiro atoms. The van der Waals surface area contributed by atoms with E-state index in [2.05, 4.69) is 11.8 Å². The monoisotopic (exact) mass is 416 g/mol. The van der Waals surface area contributed by atoms with Gasteiger partial charge in [0.2, 0.25) is 0 Å². The Kier molecular flexibility index (Phi) is 5.21. The average molecular weight is 417 g/mol. The summed E-state index contributed by atoms with van der Waals surface area (Å²) in [5.41, 5.74) is 8.66. The van der Waals surface area contributed by atoms with Gasteiger partial charge in [0.25, 0.3) is 5.56 Å². The van der Waals surface area contributed by atoms with Crippen molar-refractivity contribution in [3.63, 3.8) is 0 Å². The zero-order valence-electron chi connectivity index (χ0n) is 17.5. The predicted octanol–water partition coefficient (Wildman–Crippen LogP) is 3.14. The minimum absolute atomic E-state index is 0.0446. The summed E-state index contributed by atoms with van der Waals surface area (Å²) in [7, 11) is 0. The molecule has 2 saturated heterocycles. The first-order chi connectivity index (χ1) is 13.7. The Labute approximate surface area is 176 Å². The van der Waals surface area contributed by atoms with Gasteiger partial charge in [-0.15, -0.1) is 0 Å². The summed E-state index contributed by atoms with van der Waals surface area (Å²) in [5, 5.41) is 0.580. The Morgan fingerprint density at radius 2 is 1.93 bits per heavy atom. The van der Waals surface area contributed by atoms with E-state index in [0.717, 1.165) is 43.9 Å². The standard InChI is InChI=1S/C22H29ClN4O2/c1-13-6-5-7-17(18(13)23)27-16(4)25-20(14(2)21(27)28)26-10-8-22(9-11-26)12-29-15(3)19(22)24/h5-7,15,19H,8-12,24H2,1-4H3/t15-,19-/m1/s1. The summed E-state index contributed by atoms with van der Waals surface area (Å²) >= 11 is 6.49. The maximum atomic E-state index is 13.3. The summed E-state index contributed by atoms with van der Waals surface area (Å²) in [4.78, 5) is 20.3. The molecular formula is C22H29ClN4O2. The zero-order valence-corrected chi connectivity index (χ0v) is 18.3. The van der Waals surface area contributed by atoms with Crippen LogP contribution in [-0.2, 0) is 4.74 Å². The first-order valence-electron chi connectivity index (χ1n) is 10.2. The quantitative estimate of drug-likeness (QED) is 0.814. The Balaban J connectivity index is 1.66. The van der Waals surface area contributed by atoms with Crippen LogP contribution in [0.25, 0.3) is 5.69 Å². The molecular weight excluding hydrogens is 388 g/mol. The van der Waals surface area contributed by atoms with Crippen molar-refractivity contribution in [3.8, 4) is 5.69 Å². The van der Waals surface area contributed by atoms with Crippen LogP contribution in [0.3, 0.4) is 0 Å². The number of hydrogen-bond donors (Lipinski definition) is 1. The van der Waals surface area contributed by atoms with Crippen molar-refractivity contribution in [1.82, 2.24) is 9.55 Å². The van der Waals surface area contributed by atoms with Gasteiger partial charge in [-0.2, -0.15) is 0 Å². The highest BCUT2D eigenvalue weighted by atomic mass is 35.5. The minimum Gasteiger partial charge on any atom is -0.376 e. The smallest absolute Gasteiger partial charge is 0.263 e. The average Bonchev–Trinajstić information content (AvgIpc) is 2.97. The molecule has 156 valence electrons. The molecule has 0 unspecified atom stereocenters. The van der Waals surface area contributed by atoms with E-state index in [1.807, 2.05) is 39.0 Å². The molecule has 2 aliphatic rings. The number of aromatic nitrogens is 2. The molecule has 7 heteroatoms. The van der Waals surface area contributed by atoms with Gasteiger partial charge in [0.05, 0.1) is 29.0 Å². The maximum absolute atomic E-state index is 13.3. The molecule has 6 nitrogen and oxygen atoms in total. The fourth-order valence-corrected chi connectivity index (χ4v) is 4.94. The lowest BCUT2D eigenvalue weighted by Crippen LogP contribution is -2.51. The molecule has 0 bridgehead atoms. The van der Waals surface area contributed by atoms with Crippen LogP contribution in [0.2, 0.25) is 5.02 Å². The number of piperidine rings is 1. The van der Waals surface area contributed by atoms with Crippen molar-refractivity contribution >= 4 is 17.4 Å². The van der Waals surface area contributed by atoms with Gasteiger partial charge in [-0.05, 0) is 52.2 Å². The fourth-order valence-electron chi connectivity index (χ4n) is 4.73. The Morgan fingerprint density at radius 3 is 2.55 bits per heavy atom. The third-order valence-corrected chi connectivity index (χ3v) is 7.26. The van der Waals surface area contributed by atoms with Crippen molar-refractivity contribution < 1.29 is 4.74 Å². The van der Waals surface area contributed by atoms with Gasteiger partial charge in [-0.3, -0.25) is 9.36 Å². The van der Waals surface area contributed by atoms with E-state index in [1.54, 1.807) is 4.57 Å². The van der Waals surface area contributed by atoms with Crippen molar-refractivity contribution in [2.75, 3.05) is 24.6 Å². The highest BCUT2D eigenvalue weighted by Gasteiger charge is 2.47. The van der Waals surface area contributed by atoms with E-state index in [1.165, 1.54) is 0 Å². The predicted molar refractivity (Wildman–Crippen MR) is 116 cm³/mol. The summed E-state index contributed by atoms with van der Waals surface area (Å²) in [6.45, 7) is 10.1. The van der Waals surface area contributed by atoms with Crippen LogP contribution < -0.4 is 16.2 Å². The lowest BCUT2D eigenvalue weighted by molar-refractivity contribution is 0.0974. The largest absolute Gasteiger partial charge is 0.376 e. The molecule has 3 heterocycles. The molecule has 2 N–H and O–H groups in total. The fraction of sp³-hybridized carbons (Fsp3) is 0.545. The highest BCUT2D eigenvalue weighted by Crippen LogP contribution is 2.42. The molecule has 0 aliphatic carbocycles. The van der Waals surface area contributed by atoms with Gasteiger partial charge in [-0.25, -0.2) is 4.98 Å².